The van der Waals surface area contributed by atoms with Gasteiger partial charge in [-0.2, -0.15) is 0 Å². The fourth-order valence-electron chi connectivity index (χ4n) is 2.37. The first kappa shape index (κ1) is 14.8. The number of hydrogen-bond acceptors (Lipinski definition) is 5. The van der Waals surface area contributed by atoms with Crippen molar-refractivity contribution in [1.82, 2.24) is 0 Å². The van der Waals surface area contributed by atoms with Crippen molar-refractivity contribution in [3.05, 3.63) is 64.2 Å². The normalized spacial score (nSPS) is 10.7. The van der Waals surface area contributed by atoms with E-state index in [1.54, 1.807) is 12.1 Å². The molecule has 0 bridgehead atoms. The number of nitro benzene ring substituents is 1. The zero-order chi connectivity index (χ0) is 16.6. The quantitative estimate of drug-likeness (QED) is 0.592. The number of non-ortho nitro benzene ring substituents is 1. The Morgan fingerprint density at radius 1 is 1.09 bits per heavy atom. The predicted molar refractivity (Wildman–Crippen MR) is 88.5 cm³/mol. The molecule has 0 aliphatic rings. The largest absolute Gasteiger partial charge is 0.438 e. The lowest BCUT2D eigenvalue weighted by molar-refractivity contribution is -0.384. The topological polar surface area (TPSA) is 83.4 Å². The van der Waals surface area contributed by atoms with Crippen molar-refractivity contribution in [3.8, 4) is 11.1 Å². The fourth-order valence-corrected chi connectivity index (χ4v) is 2.37. The molecule has 0 unspecified atom stereocenters. The molecule has 0 radical (unpaired) electrons. The van der Waals surface area contributed by atoms with E-state index >= 15 is 0 Å². The first-order valence-electron chi connectivity index (χ1n) is 7.00. The standard InChI is InChI=1S/C17H15N3O3/c1-19(2)14-8-5-12-9-15(17(18)23-16(12)10-14)11-3-6-13(7-4-11)20(21)22/h3-10,18H,1-2H3. The van der Waals surface area contributed by atoms with E-state index in [1.165, 1.54) is 12.1 Å². The molecule has 0 amide bonds. The van der Waals surface area contributed by atoms with Crippen LogP contribution in [0.4, 0.5) is 11.4 Å². The summed E-state index contributed by atoms with van der Waals surface area (Å²) in [5.74, 6) is 0. The van der Waals surface area contributed by atoms with Gasteiger partial charge in [0.25, 0.3) is 5.69 Å². The summed E-state index contributed by atoms with van der Waals surface area (Å²) in [6.07, 6.45) is 0. The third-order valence-corrected chi connectivity index (χ3v) is 3.66. The van der Waals surface area contributed by atoms with Crippen LogP contribution in [-0.2, 0) is 0 Å². The van der Waals surface area contributed by atoms with E-state index in [0.29, 0.717) is 16.7 Å². The van der Waals surface area contributed by atoms with Gasteiger partial charge < -0.3 is 9.32 Å². The summed E-state index contributed by atoms with van der Waals surface area (Å²) in [5.41, 5.74) is 2.99. The summed E-state index contributed by atoms with van der Waals surface area (Å²) in [6.45, 7) is 0. The number of fused-ring (bicyclic) bond motifs is 1. The van der Waals surface area contributed by atoms with Gasteiger partial charge in [0.1, 0.15) is 5.58 Å². The van der Waals surface area contributed by atoms with Crippen LogP contribution >= 0.6 is 0 Å². The molecule has 6 heteroatoms. The molecule has 0 saturated heterocycles. The molecule has 0 fully saturated rings. The molecule has 0 spiro atoms. The van der Waals surface area contributed by atoms with Crippen LogP contribution in [0.3, 0.4) is 0 Å². The van der Waals surface area contributed by atoms with E-state index < -0.39 is 4.92 Å². The number of benzene rings is 2. The van der Waals surface area contributed by atoms with Gasteiger partial charge in [-0.1, -0.05) is 0 Å². The molecular formula is C17H15N3O3. The summed E-state index contributed by atoms with van der Waals surface area (Å²) < 4.78 is 5.62. The number of hydrogen-bond donors (Lipinski definition) is 1. The number of nitro groups is 1. The van der Waals surface area contributed by atoms with E-state index in [1.807, 2.05) is 43.3 Å². The van der Waals surface area contributed by atoms with Crippen LogP contribution in [0.25, 0.3) is 22.1 Å². The minimum absolute atomic E-state index is 0.0219. The van der Waals surface area contributed by atoms with Crippen molar-refractivity contribution in [2.75, 3.05) is 19.0 Å². The van der Waals surface area contributed by atoms with Gasteiger partial charge in [0, 0.05) is 48.9 Å². The van der Waals surface area contributed by atoms with Crippen molar-refractivity contribution in [2.45, 2.75) is 0 Å². The van der Waals surface area contributed by atoms with Crippen LogP contribution in [-0.4, -0.2) is 19.0 Å². The lowest BCUT2D eigenvalue weighted by Crippen LogP contribution is -2.09. The Labute approximate surface area is 132 Å². The van der Waals surface area contributed by atoms with Crippen LogP contribution < -0.4 is 10.5 Å². The Hall–Kier alpha value is -3.15. The van der Waals surface area contributed by atoms with Crippen molar-refractivity contribution < 1.29 is 9.34 Å². The van der Waals surface area contributed by atoms with Crippen LogP contribution in [0.5, 0.6) is 0 Å². The molecule has 6 nitrogen and oxygen atoms in total. The third-order valence-electron chi connectivity index (χ3n) is 3.66. The number of nitrogens with zero attached hydrogens (tertiary/aromatic N) is 2. The summed E-state index contributed by atoms with van der Waals surface area (Å²) in [4.78, 5) is 12.2. The minimum Gasteiger partial charge on any atom is -0.438 e. The molecule has 23 heavy (non-hydrogen) atoms. The summed E-state index contributed by atoms with van der Waals surface area (Å²) in [7, 11) is 3.88. The summed E-state index contributed by atoms with van der Waals surface area (Å²) in [5, 5.41) is 19.7. The van der Waals surface area contributed by atoms with E-state index in [4.69, 9.17) is 9.83 Å². The zero-order valence-corrected chi connectivity index (χ0v) is 12.7. The maximum absolute atomic E-state index is 10.7. The molecule has 2 aromatic carbocycles. The SMILES string of the molecule is CN(C)c1ccc2cc(-c3ccc([N+](=O)[O-])cc3)c(=N)oc2c1. The first-order valence-corrected chi connectivity index (χ1v) is 7.00. The highest BCUT2D eigenvalue weighted by Crippen LogP contribution is 2.25. The van der Waals surface area contributed by atoms with Crippen LogP contribution in [0.15, 0.2) is 52.9 Å². The Morgan fingerprint density at radius 3 is 2.39 bits per heavy atom. The van der Waals surface area contributed by atoms with Gasteiger partial charge in [-0.05, 0) is 35.9 Å². The van der Waals surface area contributed by atoms with Gasteiger partial charge in [-0.15, -0.1) is 0 Å². The second-order valence-electron chi connectivity index (χ2n) is 5.41. The fraction of sp³-hybridized carbons (Fsp3) is 0.118. The lowest BCUT2D eigenvalue weighted by Gasteiger charge is -2.12. The number of anilines is 1. The highest BCUT2D eigenvalue weighted by atomic mass is 16.6. The number of nitrogens with one attached hydrogen (secondary N) is 1. The van der Waals surface area contributed by atoms with Crippen LogP contribution in [0.2, 0.25) is 0 Å². The molecule has 0 aliphatic carbocycles. The second kappa shape index (κ2) is 5.57. The molecule has 3 aromatic rings. The van der Waals surface area contributed by atoms with E-state index in [2.05, 4.69) is 0 Å². The Kier molecular flexibility index (Phi) is 3.57. The molecule has 0 aliphatic heterocycles. The highest BCUT2D eigenvalue weighted by molar-refractivity contribution is 5.84. The average Bonchev–Trinajstić information content (AvgIpc) is 2.53. The summed E-state index contributed by atoms with van der Waals surface area (Å²) >= 11 is 0. The molecule has 0 atom stereocenters. The Morgan fingerprint density at radius 2 is 1.78 bits per heavy atom. The van der Waals surface area contributed by atoms with Gasteiger partial charge in [0.05, 0.1) is 4.92 Å². The molecule has 1 aromatic heterocycles. The first-order chi connectivity index (χ1) is 11.0. The van der Waals surface area contributed by atoms with Crippen LogP contribution in [0, 0.1) is 15.5 Å². The van der Waals surface area contributed by atoms with E-state index in [-0.39, 0.29) is 11.2 Å². The Bertz CT molecular complexity index is 943. The van der Waals surface area contributed by atoms with Gasteiger partial charge in [-0.3, -0.25) is 15.5 Å². The second-order valence-corrected chi connectivity index (χ2v) is 5.41. The zero-order valence-electron chi connectivity index (χ0n) is 12.7. The van der Waals surface area contributed by atoms with Crippen molar-refractivity contribution in [3.63, 3.8) is 0 Å². The molecule has 1 N–H and O–H groups in total. The minimum atomic E-state index is -0.446. The third kappa shape index (κ3) is 2.78. The molecule has 1 heterocycles. The predicted octanol–water partition coefficient (Wildman–Crippen LogP) is 3.55. The van der Waals surface area contributed by atoms with Crippen molar-refractivity contribution >= 4 is 22.3 Å². The van der Waals surface area contributed by atoms with Crippen molar-refractivity contribution in [1.29, 1.82) is 5.41 Å². The Balaban J connectivity index is 2.11. The molecule has 116 valence electrons. The van der Waals surface area contributed by atoms with Crippen LogP contribution in [0.1, 0.15) is 0 Å². The lowest BCUT2D eigenvalue weighted by atomic mass is 10.1. The highest BCUT2D eigenvalue weighted by Gasteiger charge is 2.09. The molecular weight excluding hydrogens is 294 g/mol. The molecule has 0 saturated carbocycles. The van der Waals surface area contributed by atoms with E-state index in [9.17, 15) is 10.1 Å². The van der Waals surface area contributed by atoms with Gasteiger partial charge in [0.15, 0.2) is 0 Å². The molecule has 3 rings (SSSR count). The smallest absolute Gasteiger partial charge is 0.269 e. The monoisotopic (exact) mass is 309 g/mol. The van der Waals surface area contributed by atoms with Gasteiger partial charge in [0.2, 0.25) is 5.55 Å². The van der Waals surface area contributed by atoms with Crippen molar-refractivity contribution in [2.24, 2.45) is 0 Å². The van der Waals surface area contributed by atoms with Gasteiger partial charge >= 0.3 is 0 Å². The van der Waals surface area contributed by atoms with Gasteiger partial charge in [-0.25, -0.2) is 0 Å². The average molecular weight is 309 g/mol. The maximum Gasteiger partial charge on any atom is 0.269 e. The maximum atomic E-state index is 10.7. The van der Waals surface area contributed by atoms with E-state index in [0.717, 1.165) is 11.1 Å². The summed E-state index contributed by atoms with van der Waals surface area (Å²) in [6, 6.07) is 13.8. The number of rotatable bonds is 3.